The number of thiol groups is 1. The Balaban J connectivity index is -0.000000385. The minimum Gasteiger partial charge on any atom is -0.481 e. The molecule has 0 aromatic rings. The van der Waals surface area contributed by atoms with Crippen molar-refractivity contribution in [1.82, 2.24) is 0 Å². The highest BCUT2D eigenvalue weighted by Crippen LogP contribution is 2.33. The number of hydrogen-bond donors (Lipinski definition) is 4. The highest BCUT2D eigenvalue weighted by atomic mass is 32.2. The van der Waals surface area contributed by atoms with E-state index in [4.69, 9.17) is 15.9 Å². The van der Waals surface area contributed by atoms with Gasteiger partial charge in [-0.2, -0.15) is 24.4 Å². The average molecular weight is 382 g/mol. The van der Waals surface area contributed by atoms with E-state index in [-0.39, 0.29) is 18.1 Å². The Morgan fingerprint density at radius 3 is 1.96 bits per heavy atom. The molecule has 0 amide bonds. The summed E-state index contributed by atoms with van der Waals surface area (Å²) in [5.74, 6) is -1.05. The first-order valence-electron chi connectivity index (χ1n) is 7.45. The fraction of sp³-hybridized carbons (Fsp3) is 0.765. The van der Waals surface area contributed by atoms with E-state index in [0.29, 0.717) is 0 Å². The third-order valence-corrected chi connectivity index (χ3v) is 5.34. The first-order chi connectivity index (χ1) is 10.3. The topological polar surface area (TPSA) is 101 Å². The maximum absolute atomic E-state index is 10.8. The number of carboxylic acids is 2. The highest BCUT2D eigenvalue weighted by Gasteiger charge is 2.31. The first kappa shape index (κ1) is 28.2. The van der Waals surface area contributed by atoms with Crippen molar-refractivity contribution in [2.75, 3.05) is 5.75 Å². The molecular weight excluding hydrogens is 346 g/mol. The van der Waals surface area contributed by atoms with Gasteiger partial charge in [-0.3, -0.25) is 9.59 Å². The average Bonchev–Trinajstić information content (AvgIpc) is 2.41. The van der Waals surface area contributed by atoms with Crippen LogP contribution < -0.4 is 5.73 Å². The lowest BCUT2D eigenvalue weighted by molar-refractivity contribution is -0.142. The SMILES string of the molecule is C.C=CCCCSC(C)(C)C(C)C(=O)O.CC(C)(S)C(N)C(=O)O. The van der Waals surface area contributed by atoms with Crippen LogP contribution in [-0.4, -0.2) is 43.4 Å². The van der Waals surface area contributed by atoms with Crippen molar-refractivity contribution in [2.45, 2.75) is 70.4 Å². The van der Waals surface area contributed by atoms with E-state index in [2.05, 4.69) is 19.2 Å². The molecule has 0 fully saturated rings. The predicted molar refractivity (Wildman–Crippen MR) is 108 cm³/mol. The van der Waals surface area contributed by atoms with Gasteiger partial charge in [0.25, 0.3) is 0 Å². The van der Waals surface area contributed by atoms with Crippen LogP contribution in [0.4, 0.5) is 0 Å². The van der Waals surface area contributed by atoms with E-state index in [1.54, 1.807) is 32.5 Å². The predicted octanol–water partition coefficient (Wildman–Crippen LogP) is 3.93. The summed E-state index contributed by atoms with van der Waals surface area (Å²) in [6, 6.07) is -0.902. The summed E-state index contributed by atoms with van der Waals surface area (Å²) < 4.78 is -0.834. The van der Waals surface area contributed by atoms with Gasteiger partial charge in [0.05, 0.1) is 5.92 Å². The van der Waals surface area contributed by atoms with Crippen molar-refractivity contribution in [2.24, 2.45) is 11.7 Å². The molecule has 0 rings (SSSR count). The first-order valence-corrected chi connectivity index (χ1v) is 8.89. The normalized spacial score (nSPS) is 13.6. The van der Waals surface area contributed by atoms with Crippen LogP contribution in [-0.2, 0) is 9.59 Å². The molecule has 0 aliphatic carbocycles. The molecule has 7 heteroatoms. The molecule has 2 unspecified atom stereocenters. The number of hydrogen-bond acceptors (Lipinski definition) is 5. The van der Waals surface area contributed by atoms with Crippen molar-refractivity contribution in [3.05, 3.63) is 12.7 Å². The standard InChI is InChI=1S/C11H20O2S.C5H11NO2S.CH4/c1-5-6-7-8-14-11(3,4)9(2)10(12)13;1-5(2,9)3(6)4(7)8;/h5,9H,1,6-8H2,2-4H3,(H,12,13);3,9H,6H2,1-2H3,(H,7,8);1H4. The molecule has 0 aliphatic rings. The summed E-state index contributed by atoms with van der Waals surface area (Å²) in [5, 5.41) is 17.2. The van der Waals surface area contributed by atoms with Gasteiger partial charge in [-0.25, -0.2) is 0 Å². The molecule has 0 aromatic heterocycles. The second-order valence-electron chi connectivity index (χ2n) is 6.41. The Labute approximate surface area is 156 Å². The molecule has 0 saturated heterocycles. The fourth-order valence-corrected chi connectivity index (χ4v) is 2.59. The Morgan fingerprint density at radius 1 is 1.25 bits per heavy atom. The molecule has 0 bridgehead atoms. The van der Waals surface area contributed by atoms with Gasteiger partial charge in [-0.15, -0.1) is 6.58 Å². The summed E-state index contributed by atoms with van der Waals surface area (Å²) in [4.78, 5) is 21.0. The lowest BCUT2D eigenvalue weighted by Crippen LogP contribution is -2.45. The van der Waals surface area contributed by atoms with E-state index < -0.39 is 22.7 Å². The molecule has 144 valence electrons. The highest BCUT2D eigenvalue weighted by molar-refractivity contribution is 8.00. The Morgan fingerprint density at radius 2 is 1.71 bits per heavy atom. The smallest absolute Gasteiger partial charge is 0.321 e. The molecule has 5 nitrogen and oxygen atoms in total. The molecule has 4 N–H and O–H groups in total. The number of unbranched alkanes of at least 4 members (excludes halogenated alkanes) is 1. The van der Waals surface area contributed by atoms with Gasteiger partial charge in [0.15, 0.2) is 0 Å². The van der Waals surface area contributed by atoms with Crippen molar-refractivity contribution in [3.63, 3.8) is 0 Å². The fourth-order valence-electron chi connectivity index (χ4n) is 1.29. The van der Waals surface area contributed by atoms with Crippen LogP contribution in [0.15, 0.2) is 12.7 Å². The number of carbonyl (C=O) groups is 2. The van der Waals surface area contributed by atoms with Gasteiger partial charge in [-0.05, 0) is 46.3 Å². The summed E-state index contributed by atoms with van der Waals surface area (Å²) in [7, 11) is 0. The Hall–Kier alpha value is -0.660. The number of allylic oxidation sites excluding steroid dienone is 1. The maximum Gasteiger partial charge on any atom is 0.321 e. The molecular formula is C17H35NO4S2. The summed E-state index contributed by atoms with van der Waals surface area (Å²) in [6.07, 6.45) is 3.97. The van der Waals surface area contributed by atoms with E-state index in [0.717, 1.165) is 18.6 Å². The van der Waals surface area contributed by atoms with E-state index in [9.17, 15) is 9.59 Å². The second-order valence-corrected chi connectivity index (χ2v) is 9.31. The van der Waals surface area contributed by atoms with Gasteiger partial charge in [-0.1, -0.05) is 20.4 Å². The van der Waals surface area contributed by atoms with Gasteiger partial charge in [0, 0.05) is 9.49 Å². The van der Waals surface area contributed by atoms with Crippen LogP contribution in [0.2, 0.25) is 0 Å². The molecule has 0 radical (unpaired) electrons. The Bertz CT molecular complexity index is 393. The maximum atomic E-state index is 10.8. The molecule has 24 heavy (non-hydrogen) atoms. The molecule has 0 heterocycles. The van der Waals surface area contributed by atoms with Crippen LogP contribution >= 0.6 is 24.4 Å². The summed E-state index contributed by atoms with van der Waals surface area (Å²) >= 11 is 5.71. The van der Waals surface area contributed by atoms with Crippen molar-refractivity contribution < 1.29 is 19.8 Å². The number of nitrogens with two attached hydrogens (primary N) is 1. The molecule has 0 saturated carbocycles. The quantitative estimate of drug-likeness (QED) is 0.274. The summed E-state index contributed by atoms with van der Waals surface area (Å²) in [5.41, 5.74) is 5.22. The zero-order chi connectivity index (χ0) is 18.8. The Kier molecular flexibility index (Phi) is 14.9. The minimum absolute atomic E-state index is 0. The zero-order valence-electron chi connectivity index (χ0n) is 14.7. The largest absolute Gasteiger partial charge is 0.481 e. The number of thioether (sulfide) groups is 1. The third kappa shape index (κ3) is 12.7. The van der Waals surface area contributed by atoms with E-state index >= 15 is 0 Å². The van der Waals surface area contributed by atoms with E-state index in [1.165, 1.54) is 0 Å². The number of aliphatic carboxylic acids is 2. The van der Waals surface area contributed by atoms with E-state index in [1.807, 2.05) is 19.9 Å². The van der Waals surface area contributed by atoms with Crippen LogP contribution in [0.3, 0.4) is 0 Å². The van der Waals surface area contributed by atoms with Gasteiger partial charge >= 0.3 is 11.9 Å². The lowest BCUT2D eigenvalue weighted by Gasteiger charge is -2.28. The number of rotatable bonds is 9. The van der Waals surface area contributed by atoms with Crippen LogP contribution in [0.5, 0.6) is 0 Å². The van der Waals surface area contributed by atoms with Crippen molar-refractivity contribution in [1.29, 1.82) is 0 Å². The molecule has 2 atom stereocenters. The van der Waals surface area contributed by atoms with Gasteiger partial charge < -0.3 is 15.9 Å². The molecule has 0 spiro atoms. The van der Waals surface area contributed by atoms with Crippen molar-refractivity contribution >= 4 is 36.3 Å². The monoisotopic (exact) mass is 381 g/mol. The lowest BCUT2D eigenvalue weighted by atomic mass is 9.97. The second kappa shape index (κ2) is 12.7. The third-order valence-electron chi connectivity index (χ3n) is 3.47. The molecule has 0 aliphatic heterocycles. The van der Waals surface area contributed by atoms with Gasteiger partial charge in [0.2, 0.25) is 0 Å². The van der Waals surface area contributed by atoms with Crippen LogP contribution in [0.25, 0.3) is 0 Å². The zero-order valence-corrected chi connectivity index (χ0v) is 16.4. The molecule has 0 aromatic carbocycles. The van der Waals surface area contributed by atoms with Gasteiger partial charge in [0.1, 0.15) is 6.04 Å². The van der Waals surface area contributed by atoms with Crippen LogP contribution in [0, 0.1) is 5.92 Å². The van der Waals surface area contributed by atoms with Crippen molar-refractivity contribution in [3.8, 4) is 0 Å². The van der Waals surface area contributed by atoms with Crippen LogP contribution in [0.1, 0.15) is 54.9 Å². The minimum atomic E-state index is -1.02. The summed E-state index contributed by atoms with van der Waals surface area (Å²) in [6.45, 7) is 12.7. The number of carboxylic acid groups (broad SMARTS) is 2.